The van der Waals surface area contributed by atoms with Crippen molar-refractivity contribution in [3.8, 4) is 0 Å². The standard InChI is InChI=1S/C14H14Cl2N2O3/c15-8-3-4-10(16)9(6-8)12(19)7-18-13(20)11-2-1-5-17(11)14(18)21/h3-4,6,11-12,19H,1-2,5,7H2. The first-order chi connectivity index (χ1) is 9.99. The van der Waals surface area contributed by atoms with Crippen LogP contribution >= 0.6 is 23.2 Å². The van der Waals surface area contributed by atoms with Crippen LogP contribution in [0.2, 0.25) is 10.0 Å². The third kappa shape index (κ3) is 2.50. The fourth-order valence-electron chi connectivity index (χ4n) is 2.89. The van der Waals surface area contributed by atoms with E-state index in [4.69, 9.17) is 23.2 Å². The molecule has 2 heterocycles. The van der Waals surface area contributed by atoms with Crippen molar-refractivity contribution in [3.63, 3.8) is 0 Å². The molecule has 0 bridgehead atoms. The van der Waals surface area contributed by atoms with E-state index >= 15 is 0 Å². The van der Waals surface area contributed by atoms with Gasteiger partial charge in [-0.05, 0) is 31.0 Å². The van der Waals surface area contributed by atoms with Gasteiger partial charge in [-0.15, -0.1) is 0 Å². The Morgan fingerprint density at radius 3 is 2.81 bits per heavy atom. The Hall–Kier alpha value is -1.30. The number of β-amino-alcohol motifs (C(OH)–C–C–N with tert-alkyl or cyclic N) is 1. The van der Waals surface area contributed by atoms with Gasteiger partial charge in [0, 0.05) is 22.2 Å². The number of urea groups is 1. The summed E-state index contributed by atoms with van der Waals surface area (Å²) in [6.07, 6.45) is 0.484. The van der Waals surface area contributed by atoms with Crippen molar-refractivity contribution in [2.24, 2.45) is 0 Å². The number of hydrogen-bond donors (Lipinski definition) is 1. The number of benzene rings is 1. The van der Waals surface area contributed by atoms with Gasteiger partial charge < -0.3 is 10.0 Å². The molecule has 2 aliphatic rings. The van der Waals surface area contributed by atoms with Crippen molar-refractivity contribution in [1.29, 1.82) is 0 Å². The van der Waals surface area contributed by atoms with Crippen LogP contribution in [0.1, 0.15) is 24.5 Å². The Labute approximate surface area is 132 Å². The first-order valence-electron chi connectivity index (χ1n) is 6.74. The van der Waals surface area contributed by atoms with Crippen molar-refractivity contribution in [2.75, 3.05) is 13.1 Å². The molecule has 0 aromatic heterocycles. The molecule has 1 aromatic carbocycles. The predicted molar refractivity (Wildman–Crippen MR) is 78.3 cm³/mol. The largest absolute Gasteiger partial charge is 0.386 e. The van der Waals surface area contributed by atoms with Crippen LogP contribution in [0.3, 0.4) is 0 Å². The van der Waals surface area contributed by atoms with E-state index in [1.54, 1.807) is 23.1 Å². The Morgan fingerprint density at radius 2 is 2.10 bits per heavy atom. The molecule has 1 aromatic rings. The van der Waals surface area contributed by atoms with E-state index in [0.717, 1.165) is 11.3 Å². The highest BCUT2D eigenvalue weighted by atomic mass is 35.5. The quantitative estimate of drug-likeness (QED) is 0.867. The Balaban J connectivity index is 1.79. The zero-order valence-corrected chi connectivity index (χ0v) is 12.6. The van der Waals surface area contributed by atoms with Crippen LogP contribution < -0.4 is 0 Å². The smallest absolute Gasteiger partial charge is 0.327 e. The minimum absolute atomic E-state index is 0.106. The molecule has 2 aliphatic heterocycles. The summed E-state index contributed by atoms with van der Waals surface area (Å²) in [4.78, 5) is 27.1. The van der Waals surface area contributed by atoms with E-state index in [1.165, 1.54) is 0 Å². The third-order valence-electron chi connectivity index (χ3n) is 3.95. The number of aliphatic hydroxyl groups excluding tert-OH is 1. The van der Waals surface area contributed by atoms with Crippen molar-refractivity contribution in [3.05, 3.63) is 33.8 Å². The molecular weight excluding hydrogens is 315 g/mol. The number of rotatable bonds is 3. The maximum atomic E-state index is 12.2. The van der Waals surface area contributed by atoms with Crippen molar-refractivity contribution >= 4 is 35.1 Å². The van der Waals surface area contributed by atoms with E-state index in [-0.39, 0.29) is 24.5 Å². The molecule has 0 radical (unpaired) electrons. The van der Waals surface area contributed by atoms with Crippen LogP contribution in [0.25, 0.3) is 0 Å². The molecule has 0 aliphatic carbocycles. The molecule has 0 saturated carbocycles. The fourth-order valence-corrected chi connectivity index (χ4v) is 3.31. The summed E-state index contributed by atoms with van der Waals surface area (Å²) >= 11 is 11.9. The maximum absolute atomic E-state index is 12.2. The molecule has 21 heavy (non-hydrogen) atoms. The maximum Gasteiger partial charge on any atom is 0.327 e. The Kier molecular flexibility index (Phi) is 3.82. The van der Waals surface area contributed by atoms with Gasteiger partial charge in [0.1, 0.15) is 6.04 Å². The lowest BCUT2D eigenvalue weighted by Gasteiger charge is -2.20. The molecule has 5 nitrogen and oxygen atoms in total. The Bertz CT molecular complexity index is 586. The van der Waals surface area contributed by atoms with Gasteiger partial charge in [0.15, 0.2) is 0 Å². The highest BCUT2D eigenvalue weighted by molar-refractivity contribution is 6.33. The van der Waals surface area contributed by atoms with Crippen molar-refractivity contribution in [2.45, 2.75) is 25.0 Å². The molecule has 3 amide bonds. The normalized spacial score (nSPS) is 22.9. The predicted octanol–water partition coefficient (Wildman–Crippen LogP) is 2.45. The molecule has 3 rings (SSSR count). The summed E-state index contributed by atoms with van der Waals surface area (Å²) in [5.74, 6) is -0.241. The summed E-state index contributed by atoms with van der Waals surface area (Å²) < 4.78 is 0. The minimum atomic E-state index is -1.05. The second-order valence-electron chi connectivity index (χ2n) is 5.26. The lowest BCUT2D eigenvalue weighted by molar-refractivity contribution is -0.128. The van der Waals surface area contributed by atoms with Gasteiger partial charge in [0.25, 0.3) is 5.91 Å². The van der Waals surface area contributed by atoms with Crippen LogP contribution in [0, 0.1) is 0 Å². The molecule has 2 unspecified atom stereocenters. The van der Waals surface area contributed by atoms with Crippen molar-refractivity contribution in [1.82, 2.24) is 9.80 Å². The van der Waals surface area contributed by atoms with Crippen LogP contribution in [-0.2, 0) is 4.79 Å². The Morgan fingerprint density at radius 1 is 1.33 bits per heavy atom. The van der Waals surface area contributed by atoms with Gasteiger partial charge in [0.2, 0.25) is 0 Å². The lowest BCUT2D eigenvalue weighted by atomic mass is 10.1. The first kappa shape index (κ1) is 14.6. The molecule has 2 atom stereocenters. The molecular formula is C14H14Cl2N2O3. The van der Waals surface area contributed by atoms with E-state index < -0.39 is 6.10 Å². The van der Waals surface area contributed by atoms with Gasteiger partial charge in [-0.2, -0.15) is 0 Å². The average Bonchev–Trinajstić information content (AvgIpc) is 3.01. The highest BCUT2D eigenvalue weighted by Crippen LogP contribution is 2.31. The third-order valence-corrected chi connectivity index (χ3v) is 4.53. The zero-order valence-electron chi connectivity index (χ0n) is 11.1. The summed E-state index contributed by atoms with van der Waals surface area (Å²) in [7, 11) is 0. The van der Waals surface area contributed by atoms with Crippen LogP contribution in [-0.4, -0.2) is 46.0 Å². The lowest BCUT2D eigenvalue weighted by Crippen LogP contribution is -2.36. The van der Waals surface area contributed by atoms with Crippen LogP contribution in [0.4, 0.5) is 4.79 Å². The van der Waals surface area contributed by atoms with E-state index in [1.807, 2.05) is 0 Å². The molecule has 0 spiro atoms. The number of hydrogen-bond acceptors (Lipinski definition) is 3. The number of imide groups is 1. The number of halogens is 2. The number of amides is 3. The van der Waals surface area contributed by atoms with Gasteiger partial charge in [-0.3, -0.25) is 9.69 Å². The summed E-state index contributed by atoms with van der Waals surface area (Å²) in [5, 5.41) is 11.1. The number of nitrogens with zero attached hydrogens (tertiary/aromatic N) is 2. The van der Waals surface area contributed by atoms with Gasteiger partial charge in [0.05, 0.1) is 12.6 Å². The van der Waals surface area contributed by atoms with Crippen LogP contribution in [0.15, 0.2) is 18.2 Å². The summed E-state index contributed by atoms with van der Waals surface area (Å²) in [6.45, 7) is 0.491. The number of carbonyl (C=O) groups excluding carboxylic acids is 2. The second kappa shape index (κ2) is 5.48. The molecule has 1 N–H and O–H groups in total. The van der Waals surface area contributed by atoms with Gasteiger partial charge in [-0.1, -0.05) is 23.2 Å². The summed E-state index contributed by atoms with van der Waals surface area (Å²) in [5.41, 5.74) is 0.414. The number of aliphatic hydroxyl groups is 1. The molecule has 112 valence electrons. The van der Waals surface area contributed by atoms with E-state index in [2.05, 4.69) is 0 Å². The van der Waals surface area contributed by atoms with E-state index in [9.17, 15) is 14.7 Å². The molecule has 2 fully saturated rings. The van der Waals surface area contributed by atoms with Gasteiger partial charge >= 0.3 is 6.03 Å². The summed E-state index contributed by atoms with van der Waals surface area (Å²) in [6, 6.07) is 4.04. The fraction of sp³-hybridized carbons (Fsp3) is 0.429. The van der Waals surface area contributed by atoms with Crippen molar-refractivity contribution < 1.29 is 14.7 Å². The number of carbonyl (C=O) groups is 2. The number of fused-ring (bicyclic) bond motifs is 1. The molecule has 2 saturated heterocycles. The zero-order chi connectivity index (χ0) is 15.1. The average molecular weight is 329 g/mol. The monoisotopic (exact) mass is 328 g/mol. The van der Waals surface area contributed by atoms with E-state index in [0.29, 0.717) is 28.6 Å². The van der Waals surface area contributed by atoms with Gasteiger partial charge in [-0.25, -0.2) is 4.79 Å². The SMILES string of the molecule is O=C1C2CCCN2C(=O)N1CC(O)c1cc(Cl)ccc1Cl. The first-order valence-corrected chi connectivity index (χ1v) is 7.49. The van der Waals surface area contributed by atoms with Crippen LogP contribution in [0.5, 0.6) is 0 Å². The molecule has 7 heteroatoms. The second-order valence-corrected chi connectivity index (χ2v) is 6.11. The topological polar surface area (TPSA) is 60.9 Å². The highest BCUT2D eigenvalue weighted by Gasteiger charge is 2.47. The minimum Gasteiger partial charge on any atom is -0.386 e.